The third-order valence-corrected chi connectivity index (χ3v) is 8.80. The molecule has 2 aliphatic heterocycles. The summed E-state index contributed by atoms with van der Waals surface area (Å²) in [6.07, 6.45) is 2.22. The highest BCUT2D eigenvalue weighted by Crippen LogP contribution is 2.33. The molecule has 0 atom stereocenters. The number of carbonyl (C=O) groups excluding carboxylic acids is 1. The zero-order valence-electron chi connectivity index (χ0n) is 26.9. The summed E-state index contributed by atoms with van der Waals surface area (Å²) < 4.78 is 39.4. The Morgan fingerprint density at radius 3 is 2.06 bits per heavy atom. The van der Waals surface area contributed by atoms with Crippen LogP contribution in [0.2, 0.25) is 0 Å². The molecule has 6 rings (SSSR count). The lowest BCUT2D eigenvalue weighted by molar-refractivity contribution is -0.137. The van der Waals surface area contributed by atoms with Gasteiger partial charge in [0.25, 0.3) is 5.91 Å². The van der Waals surface area contributed by atoms with Crippen molar-refractivity contribution in [2.24, 2.45) is 0 Å². The summed E-state index contributed by atoms with van der Waals surface area (Å²) >= 11 is 0. The summed E-state index contributed by atoms with van der Waals surface area (Å²) in [4.78, 5) is 19.7. The number of rotatable bonds is 9. The molecule has 0 N–H and O–H groups in total. The normalized spacial score (nSPS) is 15.1. The van der Waals surface area contributed by atoms with E-state index in [1.807, 2.05) is 31.2 Å². The molecule has 1 saturated heterocycles. The van der Waals surface area contributed by atoms with Crippen LogP contribution in [0.3, 0.4) is 0 Å². The number of halogens is 3. The number of fused-ring (bicyclic) bond motifs is 1. The molecule has 1 amide bonds. The van der Waals surface area contributed by atoms with Crippen LogP contribution in [0.4, 0.5) is 18.9 Å². The largest absolute Gasteiger partial charge is 0.416 e. The van der Waals surface area contributed by atoms with E-state index in [1.54, 1.807) is 17.0 Å². The zero-order valence-corrected chi connectivity index (χ0v) is 26.9. The van der Waals surface area contributed by atoms with E-state index < -0.39 is 11.7 Å². The van der Waals surface area contributed by atoms with Gasteiger partial charge in [0.05, 0.1) is 5.56 Å². The third-order valence-electron chi connectivity index (χ3n) is 8.80. The van der Waals surface area contributed by atoms with Gasteiger partial charge in [-0.25, -0.2) is 0 Å². The van der Waals surface area contributed by atoms with Crippen LogP contribution in [0, 0.1) is 0 Å². The highest BCUT2D eigenvalue weighted by Gasteiger charge is 2.32. The van der Waals surface area contributed by atoms with Gasteiger partial charge >= 0.3 is 6.18 Å². The van der Waals surface area contributed by atoms with Crippen molar-refractivity contribution in [2.75, 3.05) is 37.6 Å². The Hall–Kier alpha value is -4.62. The minimum absolute atomic E-state index is 0.129. The van der Waals surface area contributed by atoms with E-state index in [0.717, 1.165) is 62.5 Å². The molecule has 0 saturated carbocycles. The molecule has 0 bridgehead atoms. The lowest BCUT2D eigenvalue weighted by atomic mass is 9.88. The van der Waals surface area contributed by atoms with Crippen molar-refractivity contribution in [1.82, 2.24) is 9.80 Å². The molecule has 0 spiro atoms. The summed E-state index contributed by atoms with van der Waals surface area (Å²) in [5.41, 5.74) is 5.05. The van der Waals surface area contributed by atoms with E-state index in [1.165, 1.54) is 17.2 Å². The number of benzene rings is 4. The van der Waals surface area contributed by atoms with Crippen molar-refractivity contribution >= 4 is 11.6 Å². The third kappa shape index (κ3) is 8.80. The summed E-state index contributed by atoms with van der Waals surface area (Å²) in [7, 11) is 0. The van der Waals surface area contributed by atoms with Gasteiger partial charge in [-0.05, 0) is 66.4 Å². The van der Waals surface area contributed by atoms with Crippen LogP contribution in [-0.2, 0) is 19.3 Å². The minimum atomic E-state index is -4.40. The Labute approximate surface area is 276 Å². The van der Waals surface area contributed by atoms with Crippen molar-refractivity contribution in [3.05, 3.63) is 161 Å². The second-order valence-electron chi connectivity index (χ2n) is 12.0. The molecule has 4 aromatic carbocycles. The van der Waals surface area contributed by atoms with Gasteiger partial charge in [0.15, 0.2) is 0 Å². The lowest BCUT2D eigenvalue weighted by Crippen LogP contribution is -2.46. The number of hydrogen-bond donors (Lipinski definition) is 0. The monoisotopic (exact) mass is 637 g/mol. The van der Waals surface area contributed by atoms with Crippen LogP contribution in [-0.4, -0.2) is 48.4 Å². The zero-order chi connectivity index (χ0) is 33.2. The molecular formula is C40H42F3N3O. The van der Waals surface area contributed by atoms with E-state index in [0.29, 0.717) is 23.6 Å². The van der Waals surface area contributed by atoms with Gasteiger partial charge in [-0.3, -0.25) is 9.69 Å². The molecular weight excluding hydrogens is 595 g/mol. The molecule has 244 valence electrons. The number of amides is 1. The lowest BCUT2D eigenvalue weighted by Gasteiger charge is -2.37. The first-order chi connectivity index (χ1) is 22.8. The Bertz CT molecular complexity index is 1610. The maximum atomic E-state index is 13.2. The van der Waals surface area contributed by atoms with Crippen LogP contribution in [0.25, 0.3) is 0 Å². The number of allylic oxidation sites excluding steroid dienone is 3. The van der Waals surface area contributed by atoms with Gasteiger partial charge in [-0.1, -0.05) is 104 Å². The number of anilines is 1. The van der Waals surface area contributed by atoms with Crippen LogP contribution in [0.5, 0.6) is 0 Å². The Kier molecular flexibility index (Phi) is 11.3. The van der Waals surface area contributed by atoms with E-state index in [2.05, 4.69) is 83.1 Å². The SMILES string of the molecule is C=C/C=C\C.O=C1c2cc(N3CCN(CCC(c4ccccc4)c4ccccc4)CC3)ccc2CN1Cc1cccc(C(F)(F)F)c1. The summed E-state index contributed by atoms with van der Waals surface area (Å²) in [6, 6.07) is 32.6. The number of hydrogen-bond acceptors (Lipinski definition) is 3. The molecule has 0 aliphatic carbocycles. The highest BCUT2D eigenvalue weighted by molar-refractivity contribution is 5.99. The standard InChI is InChI=1S/C35H34F3N3O.C5H8/c36-35(37,38)30-13-7-8-26(22-30)24-41-25-29-14-15-31(23-33(29)34(41)42)40-20-18-39(19-21-40)17-16-32(27-9-3-1-4-10-27)28-11-5-2-6-12-28;1-3-5-4-2/h1-15,22-23,32H,16-21,24-25H2;3-5H,1H2,2H3/b;5-4-. The van der Waals surface area contributed by atoms with Crippen LogP contribution < -0.4 is 4.90 Å². The second-order valence-corrected chi connectivity index (χ2v) is 12.0. The molecule has 0 aromatic heterocycles. The molecule has 7 heteroatoms. The van der Waals surface area contributed by atoms with E-state index in [4.69, 9.17) is 0 Å². The smallest absolute Gasteiger partial charge is 0.369 e. The Morgan fingerprint density at radius 1 is 0.830 bits per heavy atom. The Morgan fingerprint density at radius 2 is 1.49 bits per heavy atom. The number of carbonyl (C=O) groups is 1. The fourth-order valence-corrected chi connectivity index (χ4v) is 6.31. The quantitative estimate of drug-likeness (QED) is 0.172. The van der Waals surface area contributed by atoms with Gasteiger partial charge in [-0.2, -0.15) is 13.2 Å². The second kappa shape index (κ2) is 15.8. The van der Waals surface area contributed by atoms with Crippen LogP contribution >= 0.6 is 0 Å². The molecule has 0 unspecified atom stereocenters. The van der Waals surface area contributed by atoms with Crippen molar-refractivity contribution < 1.29 is 18.0 Å². The van der Waals surface area contributed by atoms with Gasteiger partial charge in [0, 0.05) is 56.4 Å². The predicted molar refractivity (Wildman–Crippen MR) is 184 cm³/mol. The first kappa shape index (κ1) is 33.7. The van der Waals surface area contributed by atoms with Crippen molar-refractivity contribution in [3.63, 3.8) is 0 Å². The van der Waals surface area contributed by atoms with E-state index in [9.17, 15) is 18.0 Å². The number of nitrogens with zero attached hydrogens (tertiary/aromatic N) is 3. The topological polar surface area (TPSA) is 26.8 Å². The summed E-state index contributed by atoms with van der Waals surface area (Å²) in [5.74, 6) is 0.225. The fourth-order valence-electron chi connectivity index (χ4n) is 6.31. The van der Waals surface area contributed by atoms with Gasteiger partial charge in [-0.15, -0.1) is 0 Å². The van der Waals surface area contributed by atoms with Gasteiger partial charge in [0.1, 0.15) is 0 Å². The first-order valence-electron chi connectivity index (χ1n) is 16.2. The molecule has 47 heavy (non-hydrogen) atoms. The molecule has 2 heterocycles. The molecule has 4 nitrogen and oxygen atoms in total. The van der Waals surface area contributed by atoms with Crippen molar-refractivity contribution in [2.45, 2.75) is 38.5 Å². The van der Waals surface area contributed by atoms with Crippen molar-refractivity contribution in [1.29, 1.82) is 0 Å². The highest BCUT2D eigenvalue weighted by atomic mass is 19.4. The number of piperazine rings is 1. The average Bonchev–Trinajstić information content (AvgIpc) is 3.40. The van der Waals surface area contributed by atoms with Gasteiger partial charge < -0.3 is 9.80 Å². The number of alkyl halides is 3. The van der Waals surface area contributed by atoms with E-state index in [-0.39, 0.29) is 12.5 Å². The molecule has 2 aliphatic rings. The molecule has 4 aromatic rings. The maximum Gasteiger partial charge on any atom is 0.416 e. The van der Waals surface area contributed by atoms with Crippen molar-refractivity contribution in [3.8, 4) is 0 Å². The maximum absolute atomic E-state index is 13.2. The molecule has 1 fully saturated rings. The molecule has 0 radical (unpaired) electrons. The fraction of sp³-hybridized carbons (Fsp3) is 0.275. The minimum Gasteiger partial charge on any atom is -0.369 e. The Balaban J connectivity index is 0.000000807. The van der Waals surface area contributed by atoms with Crippen LogP contribution in [0.1, 0.15) is 57.4 Å². The predicted octanol–water partition coefficient (Wildman–Crippen LogP) is 8.95. The van der Waals surface area contributed by atoms with E-state index >= 15 is 0 Å². The first-order valence-corrected chi connectivity index (χ1v) is 16.2. The summed E-state index contributed by atoms with van der Waals surface area (Å²) in [5, 5.41) is 0. The average molecular weight is 638 g/mol. The van der Waals surface area contributed by atoms with Gasteiger partial charge in [0.2, 0.25) is 0 Å². The summed E-state index contributed by atoms with van der Waals surface area (Å²) in [6.45, 7) is 10.6. The van der Waals surface area contributed by atoms with Crippen LogP contribution in [0.15, 0.2) is 128 Å².